The Balaban J connectivity index is 1.28. The summed E-state index contributed by atoms with van der Waals surface area (Å²) in [4.78, 5) is 19.6. The van der Waals surface area contributed by atoms with Crippen molar-refractivity contribution in [2.75, 3.05) is 25.7 Å². The zero-order valence-electron chi connectivity index (χ0n) is 20.9. The minimum Gasteiger partial charge on any atom is -0.495 e. The quantitative estimate of drug-likeness (QED) is 0.304. The maximum Gasteiger partial charge on any atom is 0.291 e. The number of likely N-dealkylation sites (N-methyl/N-ethyl adjacent to an activating group) is 1. The fraction of sp³-hybridized carbons (Fsp3) is 0.172. The number of carbonyl (C=O) groups is 1. The van der Waals surface area contributed by atoms with Crippen molar-refractivity contribution in [3.8, 4) is 23.3 Å². The monoisotopic (exact) mass is 523 g/mol. The molecule has 0 unspecified atom stereocenters. The molecule has 9 heteroatoms. The normalized spacial score (nSPS) is 14.4. The summed E-state index contributed by atoms with van der Waals surface area (Å²) in [5.74, 6) is 7.93. The molecule has 1 aliphatic heterocycles. The minimum absolute atomic E-state index is 0.0528. The third-order valence-corrected chi connectivity index (χ3v) is 6.62. The van der Waals surface area contributed by atoms with E-state index in [1.807, 2.05) is 84.7 Å². The zero-order chi connectivity index (χ0) is 26.5. The van der Waals surface area contributed by atoms with Crippen molar-refractivity contribution in [1.82, 2.24) is 20.5 Å². The minimum atomic E-state index is -0.547. The average Bonchev–Trinajstić information content (AvgIpc) is 3.38. The molecule has 2 heterocycles. The van der Waals surface area contributed by atoms with Gasteiger partial charge in [-0.05, 0) is 35.9 Å². The lowest BCUT2D eigenvalue weighted by atomic mass is 10.1. The van der Waals surface area contributed by atoms with Gasteiger partial charge in [0.15, 0.2) is 0 Å². The van der Waals surface area contributed by atoms with Gasteiger partial charge in [-0.2, -0.15) is 0 Å². The fourth-order valence-electron chi connectivity index (χ4n) is 4.05. The van der Waals surface area contributed by atoms with Crippen LogP contribution in [0.15, 0.2) is 72.8 Å². The SMILES string of the molecule is COc1ccccc1C#Cc1ccc2c(c1)N(C)C(=S)[C@@H](NC(=O)c1n[nH]c(Cc3ccccc3)n1)CO2. The predicted octanol–water partition coefficient (Wildman–Crippen LogP) is 3.76. The third-order valence-electron chi connectivity index (χ3n) is 6.06. The number of fused-ring (bicyclic) bond motifs is 1. The van der Waals surface area contributed by atoms with Gasteiger partial charge in [0.1, 0.15) is 35.0 Å². The number of para-hydroxylation sites is 1. The van der Waals surface area contributed by atoms with E-state index in [4.69, 9.17) is 21.7 Å². The fourth-order valence-corrected chi connectivity index (χ4v) is 4.28. The molecule has 2 N–H and O–H groups in total. The molecule has 1 amide bonds. The number of methoxy groups -OCH3 is 1. The van der Waals surface area contributed by atoms with Gasteiger partial charge >= 0.3 is 0 Å². The van der Waals surface area contributed by atoms with E-state index in [0.29, 0.717) is 28.7 Å². The number of rotatable bonds is 5. The Kier molecular flexibility index (Phi) is 7.33. The number of aromatic amines is 1. The maximum absolute atomic E-state index is 12.9. The number of nitrogens with one attached hydrogen (secondary N) is 2. The Morgan fingerprint density at radius 1 is 1.16 bits per heavy atom. The number of H-pyrrole nitrogens is 1. The van der Waals surface area contributed by atoms with Crippen molar-refractivity contribution in [2.24, 2.45) is 0 Å². The van der Waals surface area contributed by atoms with E-state index in [-0.39, 0.29) is 12.4 Å². The van der Waals surface area contributed by atoms with E-state index in [9.17, 15) is 4.79 Å². The highest BCUT2D eigenvalue weighted by molar-refractivity contribution is 7.80. The smallest absolute Gasteiger partial charge is 0.291 e. The first kappa shape index (κ1) is 25.0. The molecular formula is C29H25N5O3S. The van der Waals surface area contributed by atoms with Crippen molar-refractivity contribution in [3.05, 3.63) is 101 Å². The molecule has 1 aromatic heterocycles. The lowest BCUT2D eigenvalue weighted by Crippen LogP contribution is -2.48. The third kappa shape index (κ3) is 5.51. The molecular weight excluding hydrogens is 498 g/mol. The van der Waals surface area contributed by atoms with Crippen LogP contribution in [-0.4, -0.2) is 52.9 Å². The van der Waals surface area contributed by atoms with E-state index in [2.05, 4.69) is 32.3 Å². The first-order valence-electron chi connectivity index (χ1n) is 12.0. The number of nitrogens with zero attached hydrogens (tertiary/aromatic N) is 3. The first-order chi connectivity index (χ1) is 18.5. The summed E-state index contributed by atoms with van der Waals surface area (Å²) in [6, 6.07) is 22.6. The Morgan fingerprint density at radius 2 is 1.95 bits per heavy atom. The second-order valence-corrected chi connectivity index (χ2v) is 9.05. The van der Waals surface area contributed by atoms with Gasteiger partial charge in [-0.15, -0.1) is 5.10 Å². The van der Waals surface area contributed by atoms with Gasteiger partial charge < -0.3 is 19.7 Å². The number of amides is 1. The molecule has 0 saturated heterocycles. The van der Waals surface area contributed by atoms with E-state index < -0.39 is 11.9 Å². The molecule has 0 radical (unpaired) electrons. The van der Waals surface area contributed by atoms with Crippen LogP contribution in [0.5, 0.6) is 11.5 Å². The summed E-state index contributed by atoms with van der Waals surface area (Å²) < 4.78 is 11.4. The molecule has 0 fully saturated rings. The topological polar surface area (TPSA) is 92.4 Å². The van der Waals surface area contributed by atoms with Gasteiger partial charge in [0.2, 0.25) is 5.82 Å². The molecule has 190 valence electrons. The Morgan fingerprint density at radius 3 is 2.76 bits per heavy atom. The molecule has 8 nitrogen and oxygen atoms in total. The summed E-state index contributed by atoms with van der Waals surface area (Å²) in [6.07, 6.45) is 0.548. The van der Waals surface area contributed by atoms with Crippen LogP contribution < -0.4 is 19.7 Å². The summed E-state index contributed by atoms with van der Waals surface area (Å²) >= 11 is 5.72. The molecule has 0 spiro atoms. The Hall–Kier alpha value is -4.68. The highest BCUT2D eigenvalue weighted by atomic mass is 32.1. The second kappa shape index (κ2) is 11.2. The van der Waals surface area contributed by atoms with Crippen LogP contribution in [0.3, 0.4) is 0 Å². The molecule has 38 heavy (non-hydrogen) atoms. The zero-order valence-corrected chi connectivity index (χ0v) is 21.7. The highest BCUT2D eigenvalue weighted by Crippen LogP contribution is 2.32. The maximum atomic E-state index is 12.9. The number of benzene rings is 3. The summed E-state index contributed by atoms with van der Waals surface area (Å²) in [5.41, 5.74) is 3.43. The van der Waals surface area contributed by atoms with Gasteiger partial charge in [0.25, 0.3) is 5.91 Å². The largest absolute Gasteiger partial charge is 0.495 e. The van der Waals surface area contributed by atoms with E-state index in [1.54, 1.807) is 7.11 Å². The van der Waals surface area contributed by atoms with Crippen molar-refractivity contribution in [2.45, 2.75) is 12.5 Å². The lowest BCUT2D eigenvalue weighted by molar-refractivity contribution is 0.0927. The van der Waals surface area contributed by atoms with Crippen LogP contribution >= 0.6 is 12.2 Å². The highest BCUT2D eigenvalue weighted by Gasteiger charge is 2.29. The van der Waals surface area contributed by atoms with Gasteiger partial charge in [0, 0.05) is 19.0 Å². The van der Waals surface area contributed by atoms with E-state index in [1.165, 1.54) is 0 Å². The van der Waals surface area contributed by atoms with Gasteiger partial charge in [0.05, 0.1) is 18.4 Å². The Labute approximate surface area is 226 Å². The van der Waals surface area contributed by atoms with Crippen LogP contribution in [0.2, 0.25) is 0 Å². The molecule has 1 atom stereocenters. The van der Waals surface area contributed by atoms with E-state index in [0.717, 1.165) is 22.4 Å². The van der Waals surface area contributed by atoms with Gasteiger partial charge in [-0.3, -0.25) is 9.89 Å². The summed E-state index contributed by atoms with van der Waals surface area (Å²) in [7, 11) is 3.47. The predicted molar refractivity (Wildman–Crippen MR) is 149 cm³/mol. The molecule has 4 aromatic rings. The van der Waals surface area contributed by atoms with Crippen LogP contribution in [0.25, 0.3) is 0 Å². The number of thiocarbonyl (C=S) groups is 1. The number of anilines is 1. The second-order valence-electron chi connectivity index (χ2n) is 8.64. The number of aromatic nitrogens is 3. The van der Waals surface area contributed by atoms with Crippen LogP contribution in [0, 0.1) is 11.8 Å². The lowest BCUT2D eigenvalue weighted by Gasteiger charge is -2.23. The Bertz CT molecular complexity index is 1540. The molecule has 1 aliphatic rings. The van der Waals surface area contributed by atoms with Crippen molar-refractivity contribution >= 4 is 28.8 Å². The average molecular weight is 524 g/mol. The van der Waals surface area contributed by atoms with Gasteiger partial charge in [-0.25, -0.2) is 4.98 Å². The van der Waals surface area contributed by atoms with Gasteiger partial charge in [-0.1, -0.05) is 66.5 Å². The molecule has 0 saturated carbocycles. The number of ether oxygens (including phenoxy) is 2. The van der Waals surface area contributed by atoms with Crippen LogP contribution in [0.4, 0.5) is 5.69 Å². The summed E-state index contributed by atoms with van der Waals surface area (Å²) in [5, 5.41) is 9.83. The molecule has 3 aromatic carbocycles. The van der Waals surface area contributed by atoms with Crippen molar-refractivity contribution < 1.29 is 14.3 Å². The first-order valence-corrected chi connectivity index (χ1v) is 12.4. The standard InChI is InChI=1S/C29H25N5O3S/c1-34-23-16-20(12-14-21-10-6-7-11-24(21)36-2)13-15-25(23)37-18-22(29(34)38)30-28(35)27-31-26(32-33-27)17-19-8-4-3-5-9-19/h3-11,13,15-16,22H,17-18H2,1-2H3,(H,30,35)(H,31,32,33)/t22-/m0/s1. The number of hydrogen-bond donors (Lipinski definition) is 2. The van der Waals surface area contributed by atoms with Crippen molar-refractivity contribution in [3.63, 3.8) is 0 Å². The molecule has 0 aliphatic carbocycles. The van der Waals surface area contributed by atoms with Crippen molar-refractivity contribution in [1.29, 1.82) is 0 Å². The number of hydrogen-bond acceptors (Lipinski definition) is 6. The van der Waals surface area contributed by atoms with Crippen LogP contribution in [0.1, 0.15) is 33.1 Å². The van der Waals surface area contributed by atoms with E-state index >= 15 is 0 Å². The molecule has 0 bridgehead atoms. The number of carbonyl (C=O) groups excluding carboxylic acids is 1. The summed E-state index contributed by atoms with van der Waals surface area (Å²) in [6.45, 7) is 0.176. The van der Waals surface area contributed by atoms with Crippen LogP contribution in [-0.2, 0) is 6.42 Å². The molecule has 5 rings (SSSR count).